The lowest BCUT2D eigenvalue weighted by molar-refractivity contribution is 0.0954. The van der Waals surface area contributed by atoms with Crippen molar-refractivity contribution < 1.29 is 13.2 Å². The molecule has 2 fully saturated rings. The SMILES string of the molecule is O=C(N/N=C\C1CCCCC1)c1cccc(S(=O)(=O)N2CCCCC2)c1. The van der Waals surface area contributed by atoms with Crippen LogP contribution in [0.3, 0.4) is 0 Å². The van der Waals surface area contributed by atoms with Crippen LogP contribution in [0.15, 0.2) is 34.3 Å². The molecule has 1 N–H and O–H groups in total. The molecule has 1 aromatic rings. The number of rotatable bonds is 5. The van der Waals surface area contributed by atoms with Crippen LogP contribution in [0.1, 0.15) is 61.7 Å². The Bertz CT molecular complexity index is 749. The molecule has 26 heavy (non-hydrogen) atoms. The van der Waals surface area contributed by atoms with Crippen molar-refractivity contribution in [2.24, 2.45) is 11.0 Å². The van der Waals surface area contributed by atoms with E-state index in [-0.39, 0.29) is 10.8 Å². The molecule has 1 aromatic carbocycles. The smallest absolute Gasteiger partial charge is 0.267 e. The molecule has 0 radical (unpaired) electrons. The van der Waals surface area contributed by atoms with E-state index in [1.165, 1.54) is 29.6 Å². The normalized spacial score (nSPS) is 20.3. The number of sulfonamides is 1. The summed E-state index contributed by atoms with van der Waals surface area (Å²) >= 11 is 0. The van der Waals surface area contributed by atoms with Gasteiger partial charge in [0.1, 0.15) is 0 Å². The van der Waals surface area contributed by atoms with Crippen LogP contribution in [0.25, 0.3) is 0 Å². The summed E-state index contributed by atoms with van der Waals surface area (Å²) in [6.45, 7) is 1.09. The average Bonchev–Trinajstić information content (AvgIpc) is 2.69. The van der Waals surface area contributed by atoms with E-state index in [9.17, 15) is 13.2 Å². The van der Waals surface area contributed by atoms with Gasteiger partial charge in [-0.05, 0) is 49.8 Å². The number of hydrogen-bond acceptors (Lipinski definition) is 4. The van der Waals surface area contributed by atoms with Gasteiger partial charge in [0.25, 0.3) is 5.91 Å². The molecule has 0 aromatic heterocycles. The number of hydrogen-bond donors (Lipinski definition) is 1. The minimum Gasteiger partial charge on any atom is -0.267 e. The van der Waals surface area contributed by atoms with Crippen LogP contribution in [0, 0.1) is 5.92 Å². The van der Waals surface area contributed by atoms with Gasteiger partial charge in [-0.2, -0.15) is 9.41 Å². The second-order valence-electron chi connectivity index (χ2n) is 7.11. The zero-order valence-corrected chi connectivity index (χ0v) is 15.9. The highest BCUT2D eigenvalue weighted by Gasteiger charge is 2.26. The van der Waals surface area contributed by atoms with Crippen LogP contribution in [0.5, 0.6) is 0 Å². The third-order valence-electron chi connectivity index (χ3n) is 5.15. The fraction of sp³-hybridized carbons (Fsp3) is 0.579. The van der Waals surface area contributed by atoms with Gasteiger partial charge >= 0.3 is 0 Å². The predicted molar refractivity (Wildman–Crippen MR) is 102 cm³/mol. The van der Waals surface area contributed by atoms with E-state index in [0.717, 1.165) is 32.1 Å². The monoisotopic (exact) mass is 377 g/mol. The van der Waals surface area contributed by atoms with Crippen molar-refractivity contribution in [1.29, 1.82) is 0 Å². The number of carbonyl (C=O) groups excluding carboxylic acids is 1. The highest BCUT2D eigenvalue weighted by atomic mass is 32.2. The second-order valence-corrected chi connectivity index (χ2v) is 9.05. The van der Waals surface area contributed by atoms with Crippen molar-refractivity contribution in [1.82, 2.24) is 9.73 Å². The van der Waals surface area contributed by atoms with E-state index in [0.29, 0.717) is 24.6 Å². The molecule has 1 aliphatic heterocycles. The van der Waals surface area contributed by atoms with Gasteiger partial charge in [0.15, 0.2) is 0 Å². The molecule has 0 spiro atoms. The number of hydrazone groups is 1. The Kier molecular flexibility index (Phi) is 6.43. The molecule has 3 rings (SSSR count). The van der Waals surface area contributed by atoms with Gasteiger partial charge in [0.2, 0.25) is 10.0 Å². The molecule has 1 saturated heterocycles. The number of benzene rings is 1. The zero-order chi connectivity index (χ0) is 18.4. The lowest BCUT2D eigenvalue weighted by Crippen LogP contribution is -2.35. The van der Waals surface area contributed by atoms with Gasteiger partial charge in [-0.25, -0.2) is 13.8 Å². The molecule has 0 unspecified atom stereocenters. The molecule has 7 heteroatoms. The summed E-state index contributed by atoms with van der Waals surface area (Å²) in [5.74, 6) is 0.0441. The predicted octanol–water partition coefficient (Wildman–Crippen LogP) is 3.16. The summed E-state index contributed by atoms with van der Waals surface area (Å²) < 4.78 is 27.0. The number of carbonyl (C=O) groups is 1. The molecule has 2 aliphatic rings. The molecule has 142 valence electrons. The number of nitrogens with zero attached hydrogens (tertiary/aromatic N) is 2. The van der Waals surface area contributed by atoms with Gasteiger partial charge in [-0.3, -0.25) is 4.79 Å². The highest BCUT2D eigenvalue weighted by molar-refractivity contribution is 7.89. The largest absolute Gasteiger partial charge is 0.271 e. The first-order valence-corrected chi connectivity index (χ1v) is 10.9. The maximum absolute atomic E-state index is 12.7. The summed E-state index contributed by atoms with van der Waals surface area (Å²) in [5.41, 5.74) is 2.84. The fourth-order valence-corrected chi connectivity index (χ4v) is 5.16. The topological polar surface area (TPSA) is 78.8 Å². The van der Waals surface area contributed by atoms with Gasteiger partial charge in [0.05, 0.1) is 4.90 Å². The summed E-state index contributed by atoms with van der Waals surface area (Å²) in [7, 11) is -3.54. The molecule has 6 nitrogen and oxygen atoms in total. The van der Waals surface area contributed by atoms with Crippen LogP contribution in [0.4, 0.5) is 0 Å². The number of piperidine rings is 1. The van der Waals surface area contributed by atoms with E-state index in [2.05, 4.69) is 10.5 Å². The molecular formula is C19H27N3O3S. The van der Waals surface area contributed by atoms with E-state index in [1.54, 1.807) is 18.2 Å². The Hall–Kier alpha value is -1.73. The maximum atomic E-state index is 12.7. The van der Waals surface area contributed by atoms with Crippen molar-refractivity contribution >= 4 is 22.1 Å². The van der Waals surface area contributed by atoms with Crippen LogP contribution in [0.2, 0.25) is 0 Å². The first-order chi connectivity index (χ1) is 12.6. The number of amides is 1. The van der Waals surface area contributed by atoms with Crippen LogP contribution in [-0.4, -0.2) is 37.9 Å². The van der Waals surface area contributed by atoms with E-state index in [4.69, 9.17) is 0 Å². The third-order valence-corrected chi connectivity index (χ3v) is 7.04. The first-order valence-electron chi connectivity index (χ1n) is 9.51. The quantitative estimate of drug-likeness (QED) is 0.632. The van der Waals surface area contributed by atoms with Gasteiger partial charge < -0.3 is 0 Å². The lowest BCUT2D eigenvalue weighted by atomic mass is 9.90. The molecular weight excluding hydrogens is 350 g/mol. The van der Waals surface area contributed by atoms with Gasteiger partial charge in [-0.15, -0.1) is 0 Å². The molecule has 0 atom stereocenters. The third kappa shape index (κ3) is 4.71. The Morgan fingerprint density at radius 2 is 1.77 bits per heavy atom. The summed E-state index contributed by atoms with van der Waals surface area (Å²) in [4.78, 5) is 12.5. The zero-order valence-electron chi connectivity index (χ0n) is 15.1. The molecule has 1 heterocycles. The second kappa shape index (κ2) is 8.77. The van der Waals surface area contributed by atoms with E-state index < -0.39 is 10.0 Å². The van der Waals surface area contributed by atoms with Crippen molar-refractivity contribution in [2.75, 3.05) is 13.1 Å². The van der Waals surface area contributed by atoms with Crippen molar-refractivity contribution in [3.05, 3.63) is 29.8 Å². The minimum absolute atomic E-state index is 0.170. The van der Waals surface area contributed by atoms with Crippen LogP contribution < -0.4 is 5.43 Å². The maximum Gasteiger partial charge on any atom is 0.271 e. The molecule has 0 bridgehead atoms. The van der Waals surface area contributed by atoms with Crippen molar-refractivity contribution in [3.8, 4) is 0 Å². The Balaban J connectivity index is 1.66. The van der Waals surface area contributed by atoms with E-state index >= 15 is 0 Å². The Morgan fingerprint density at radius 1 is 1.08 bits per heavy atom. The van der Waals surface area contributed by atoms with Crippen LogP contribution in [-0.2, 0) is 10.0 Å². The summed E-state index contributed by atoms with van der Waals surface area (Å²) in [6, 6.07) is 6.21. The average molecular weight is 378 g/mol. The summed E-state index contributed by atoms with van der Waals surface area (Å²) in [6.07, 6.45) is 10.6. The van der Waals surface area contributed by atoms with Gasteiger partial charge in [0, 0.05) is 24.9 Å². The summed E-state index contributed by atoms with van der Waals surface area (Å²) in [5, 5.41) is 4.07. The highest BCUT2D eigenvalue weighted by Crippen LogP contribution is 2.22. The Morgan fingerprint density at radius 3 is 2.50 bits per heavy atom. The minimum atomic E-state index is -3.54. The van der Waals surface area contributed by atoms with Gasteiger partial charge in [-0.1, -0.05) is 31.7 Å². The fourth-order valence-electron chi connectivity index (χ4n) is 3.60. The molecule has 1 amide bonds. The van der Waals surface area contributed by atoms with Crippen LogP contribution >= 0.6 is 0 Å². The molecule has 1 aliphatic carbocycles. The standard InChI is InChI=1S/C19H27N3O3S/c23-19(21-20-15-16-8-3-1-4-9-16)17-10-7-11-18(14-17)26(24,25)22-12-5-2-6-13-22/h7,10-11,14-16H,1-6,8-9,12-13H2,(H,21,23)/b20-15-. The Labute approximate surface area is 155 Å². The lowest BCUT2D eigenvalue weighted by Gasteiger charge is -2.25. The van der Waals surface area contributed by atoms with E-state index in [1.807, 2.05) is 6.21 Å². The first kappa shape index (κ1) is 19.0. The number of nitrogens with one attached hydrogen (secondary N) is 1. The van der Waals surface area contributed by atoms with Crippen molar-refractivity contribution in [3.63, 3.8) is 0 Å². The molecule has 1 saturated carbocycles. The van der Waals surface area contributed by atoms with Crippen molar-refractivity contribution in [2.45, 2.75) is 56.3 Å².